The molecule has 1 amide bonds. The van der Waals surface area contributed by atoms with Crippen molar-refractivity contribution in [3.8, 4) is 11.8 Å². The molecule has 3 nitrogen and oxygen atoms in total. The number of amides is 1. The molecule has 3 heteroatoms. The van der Waals surface area contributed by atoms with Crippen LogP contribution >= 0.6 is 0 Å². The average molecular weight is 181 g/mol. The highest BCUT2D eigenvalue weighted by Crippen LogP contribution is 2.25. The lowest BCUT2D eigenvalue weighted by Crippen LogP contribution is -2.29. The van der Waals surface area contributed by atoms with Gasteiger partial charge in [-0.25, -0.2) is 0 Å². The van der Waals surface area contributed by atoms with Gasteiger partial charge < -0.3 is 10.4 Å². The van der Waals surface area contributed by atoms with Crippen molar-refractivity contribution in [1.29, 1.82) is 0 Å². The van der Waals surface area contributed by atoms with E-state index in [1.165, 1.54) is 0 Å². The van der Waals surface area contributed by atoms with Gasteiger partial charge in [0.1, 0.15) is 0 Å². The summed E-state index contributed by atoms with van der Waals surface area (Å²) in [6.07, 6.45) is 1.86. The zero-order chi connectivity index (χ0) is 9.68. The number of carbonyl (C=O) groups excluding carboxylic acids is 1. The molecule has 1 saturated carbocycles. The van der Waals surface area contributed by atoms with Crippen molar-refractivity contribution in [3.63, 3.8) is 0 Å². The summed E-state index contributed by atoms with van der Waals surface area (Å²) in [5, 5.41) is 11.9. The van der Waals surface area contributed by atoms with Gasteiger partial charge in [0, 0.05) is 5.92 Å². The van der Waals surface area contributed by atoms with E-state index < -0.39 is 0 Å². The Morgan fingerprint density at radius 1 is 1.62 bits per heavy atom. The SMILES string of the molecule is CC#CCNC(=O)[C@@H]1CC[C@@H](O)C1. The summed E-state index contributed by atoms with van der Waals surface area (Å²) < 4.78 is 0. The second kappa shape index (κ2) is 4.88. The first kappa shape index (κ1) is 10.1. The van der Waals surface area contributed by atoms with Crippen molar-refractivity contribution >= 4 is 5.91 Å². The van der Waals surface area contributed by atoms with Gasteiger partial charge >= 0.3 is 0 Å². The second-order valence-corrected chi connectivity index (χ2v) is 3.31. The number of aliphatic hydroxyl groups excluding tert-OH is 1. The molecular formula is C10H15NO2. The fourth-order valence-corrected chi connectivity index (χ4v) is 1.56. The third-order valence-electron chi connectivity index (χ3n) is 2.30. The molecule has 2 atom stereocenters. The zero-order valence-corrected chi connectivity index (χ0v) is 7.84. The minimum atomic E-state index is -0.284. The van der Waals surface area contributed by atoms with Crippen LogP contribution in [0.25, 0.3) is 0 Å². The summed E-state index contributed by atoms with van der Waals surface area (Å²) in [6, 6.07) is 0. The van der Waals surface area contributed by atoms with Crippen LogP contribution in [-0.4, -0.2) is 23.7 Å². The van der Waals surface area contributed by atoms with E-state index >= 15 is 0 Å². The van der Waals surface area contributed by atoms with Crippen LogP contribution in [0.1, 0.15) is 26.2 Å². The van der Waals surface area contributed by atoms with Crippen LogP contribution < -0.4 is 5.32 Å². The molecule has 1 rings (SSSR count). The van der Waals surface area contributed by atoms with Gasteiger partial charge in [-0.05, 0) is 26.2 Å². The summed E-state index contributed by atoms with van der Waals surface area (Å²) >= 11 is 0. The molecule has 0 spiro atoms. The van der Waals surface area contributed by atoms with E-state index in [-0.39, 0.29) is 17.9 Å². The first-order valence-electron chi connectivity index (χ1n) is 4.59. The Balaban J connectivity index is 2.26. The highest BCUT2D eigenvalue weighted by atomic mass is 16.3. The molecular weight excluding hydrogens is 166 g/mol. The first-order valence-corrected chi connectivity index (χ1v) is 4.59. The van der Waals surface area contributed by atoms with Gasteiger partial charge in [-0.3, -0.25) is 4.79 Å². The third kappa shape index (κ3) is 3.08. The van der Waals surface area contributed by atoms with E-state index in [1.54, 1.807) is 6.92 Å². The van der Waals surface area contributed by atoms with Crippen LogP contribution in [0.3, 0.4) is 0 Å². The van der Waals surface area contributed by atoms with Crippen LogP contribution in [0.5, 0.6) is 0 Å². The molecule has 1 fully saturated rings. The maximum Gasteiger partial charge on any atom is 0.223 e. The number of rotatable bonds is 2. The minimum absolute atomic E-state index is 0.00587. The van der Waals surface area contributed by atoms with Crippen molar-refractivity contribution < 1.29 is 9.90 Å². The predicted octanol–water partition coefficient (Wildman–Crippen LogP) is 0.287. The first-order chi connectivity index (χ1) is 6.24. The molecule has 2 N–H and O–H groups in total. The molecule has 1 aliphatic rings. The molecule has 0 aliphatic heterocycles. The Hall–Kier alpha value is -1.01. The lowest BCUT2D eigenvalue weighted by molar-refractivity contribution is -0.124. The van der Waals surface area contributed by atoms with Gasteiger partial charge in [0.25, 0.3) is 0 Å². The van der Waals surface area contributed by atoms with Crippen molar-refractivity contribution in [2.75, 3.05) is 6.54 Å². The third-order valence-corrected chi connectivity index (χ3v) is 2.30. The molecule has 1 aliphatic carbocycles. The lowest BCUT2D eigenvalue weighted by atomic mass is 10.1. The van der Waals surface area contributed by atoms with Crippen molar-refractivity contribution in [3.05, 3.63) is 0 Å². The van der Waals surface area contributed by atoms with Crippen molar-refractivity contribution in [1.82, 2.24) is 5.32 Å². The van der Waals surface area contributed by atoms with Gasteiger partial charge in [-0.1, -0.05) is 5.92 Å². The van der Waals surface area contributed by atoms with E-state index in [0.717, 1.165) is 12.8 Å². The quantitative estimate of drug-likeness (QED) is 0.601. The number of nitrogens with one attached hydrogen (secondary N) is 1. The number of hydrogen-bond donors (Lipinski definition) is 2. The topological polar surface area (TPSA) is 49.3 Å². The van der Waals surface area contributed by atoms with Crippen LogP contribution in [0, 0.1) is 17.8 Å². The van der Waals surface area contributed by atoms with Crippen LogP contribution in [0.4, 0.5) is 0 Å². The molecule has 0 bridgehead atoms. The largest absolute Gasteiger partial charge is 0.393 e. The highest BCUT2D eigenvalue weighted by Gasteiger charge is 2.27. The summed E-state index contributed by atoms with van der Waals surface area (Å²) in [5.74, 6) is 5.50. The Kier molecular flexibility index (Phi) is 3.78. The fraction of sp³-hybridized carbons (Fsp3) is 0.700. The van der Waals surface area contributed by atoms with Gasteiger partial charge in [0.15, 0.2) is 0 Å². The molecule has 0 aromatic carbocycles. The van der Waals surface area contributed by atoms with Crippen LogP contribution in [-0.2, 0) is 4.79 Å². The Labute approximate surface area is 78.5 Å². The van der Waals surface area contributed by atoms with Crippen molar-refractivity contribution in [2.45, 2.75) is 32.3 Å². The summed E-state index contributed by atoms with van der Waals surface area (Å²) in [4.78, 5) is 11.4. The monoisotopic (exact) mass is 181 g/mol. The molecule has 13 heavy (non-hydrogen) atoms. The van der Waals surface area contributed by atoms with Gasteiger partial charge in [-0.15, -0.1) is 5.92 Å². The smallest absolute Gasteiger partial charge is 0.223 e. The molecule has 0 aromatic heterocycles. The Bertz CT molecular complexity index is 239. The van der Waals surface area contributed by atoms with E-state index in [1.807, 2.05) is 0 Å². The number of hydrogen-bond acceptors (Lipinski definition) is 2. The number of carbonyl (C=O) groups is 1. The molecule has 72 valence electrons. The van der Waals surface area contributed by atoms with E-state index in [9.17, 15) is 9.90 Å². The normalized spacial score (nSPS) is 26.3. The Morgan fingerprint density at radius 3 is 2.92 bits per heavy atom. The van der Waals surface area contributed by atoms with Gasteiger partial charge in [-0.2, -0.15) is 0 Å². The molecule has 0 radical (unpaired) electrons. The van der Waals surface area contributed by atoms with Gasteiger partial charge in [0.05, 0.1) is 12.6 Å². The second-order valence-electron chi connectivity index (χ2n) is 3.31. The Morgan fingerprint density at radius 2 is 2.38 bits per heavy atom. The average Bonchev–Trinajstić information content (AvgIpc) is 2.52. The minimum Gasteiger partial charge on any atom is -0.393 e. The zero-order valence-electron chi connectivity index (χ0n) is 7.84. The predicted molar refractivity (Wildman–Crippen MR) is 49.8 cm³/mol. The lowest BCUT2D eigenvalue weighted by Gasteiger charge is -2.07. The maximum atomic E-state index is 11.4. The van der Waals surface area contributed by atoms with E-state index in [4.69, 9.17) is 0 Å². The molecule has 0 heterocycles. The van der Waals surface area contributed by atoms with Crippen molar-refractivity contribution in [2.24, 2.45) is 5.92 Å². The molecule has 0 unspecified atom stereocenters. The van der Waals surface area contributed by atoms with Gasteiger partial charge in [0.2, 0.25) is 5.91 Å². The molecule has 0 saturated heterocycles. The van der Waals surface area contributed by atoms with Crippen LogP contribution in [0.2, 0.25) is 0 Å². The van der Waals surface area contributed by atoms with E-state index in [2.05, 4.69) is 17.2 Å². The van der Waals surface area contributed by atoms with Crippen LogP contribution in [0.15, 0.2) is 0 Å². The summed E-state index contributed by atoms with van der Waals surface area (Å²) in [6.45, 7) is 2.16. The molecule has 0 aromatic rings. The van der Waals surface area contributed by atoms with E-state index in [0.29, 0.717) is 13.0 Å². The summed E-state index contributed by atoms with van der Waals surface area (Å²) in [5.41, 5.74) is 0. The standard InChI is InChI=1S/C10H15NO2/c1-2-3-6-11-10(13)8-4-5-9(12)7-8/h8-9,12H,4-7H2,1H3,(H,11,13)/t8-,9-/m1/s1. The fourth-order valence-electron chi connectivity index (χ4n) is 1.56. The maximum absolute atomic E-state index is 11.4. The number of aliphatic hydroxyl groups is 1. The summed E-state index contributed by atoms with van der Waals surface area (Å²) in [7, 11) is 0. The highest BCUT2D eigenvalue weighted by molar-refractivity contribution is 5.79.